The monoisotopic (exact) mass is 342 g/mol. The molecule has 1 atom stereocenters. The highest BCUT2D eigenvalue weighted by atomic mass is 19.1. The first-order valence-corrected chi connectivity index (χ1v) is 8.96. The molecule has 1 aliphatic carbocycles. The van der Waals surface area contributed by atoms with Crippen molar-refractivity contribution in [1.82, 2.24) is 20.0 Å². The summed E-state index contributed by atoms with van der Waals surface area (Å²) in [5, 5.41) is 7.18. The number of aromatic nitrogens is 2. The summed E-state index contributed by atoms with van der Waals surface area (Å²) in [5.41, 5.74) is 2.30. The maximum atomic E-state index is 14.0. The van der Waals surface area contributed by atoms with Crippen LogP contribution < -0.4 is 0 Å². The second-order valence-corrected chi connectivity index (χ2v) is 7.01. The summed E-state index contributed by atoms with van der Waals surface area (Å²) in [6.07, 6.45) is 2.37. The number of carbonyl (C=O) groups excluding carboxylic acids is 1. The molecule has 4 rings (SSSR count). The second kappa shape index (κ2) is 6.59. The molecular formula is C19H23FN4O. The molecule has 0 unspecified atom stereocenters. The Hall–Kier alpha value is -2.21. The van der Waals surface area contributed by atoms with Crippen molar-refractivity contribution in [2.45, 2.75) is 31.7 Å². The van der Waals surface area contributed by atoms with E-state index < -0.39 is 0 Å². The SMILES string of the molecule is C[C@H](c1ccccc1F)N1CCN(C(=O)c2cc(C3CC3)[nH]n2)CC1. The number of nitrogens with one attached hydrogen (secondary N) is 1. The normalized spacial score (nSPS) is 19.8. The van der Waals surface area contributed by atoms with Gasteiger partial charge in [0.05, 0.1) is 0 Å². The van der Waals surface area contributed by atoms with Gasteiger partial charge < -0.3 is 4.90 Å². The van der Waals surface area contributed by atoms with E-state index in [0.717, 1.165) is 18.8 Å². The smallest absolute Gasteiger partial charge is 0.274 e. The van der Waals surface area contributed by atoms with E-state index in [1.54, 1.807) is 6.07 Å². The van der Waals surface area contributed by atoms with Gasteiger partial charge in [-0.3, -0.25) is 14.8 Å². The van der Waals surface area contributed by atoms with E-state index in [2.05, 4.69) is 15.1 Å². The summed E-state index contributed by atoms with van der Waals surface area (Å²) >= 11 is 0. The number of hydrogen-bond acceptors (Lipinski definition) is 3. The molecule has 5 nitrogen and oxygen atoms in total. The van der Waals surface area contributed by atoms with Crippen LogP contribution in [0.3, 0.4) is 0 Å². The number of piperazine rings is 1. The lowest BCUT2D eigenvalue weighted by atomic mass is 10.1. The zero-order valence-corrected chi connectivity index (χ0v) is 14.4. The van der Waals surface area contributed by atoms with Crippen LogP contribution in [0.5, 0.6) is 0 Å². The Labute approximate surface area is 146 Å². The molecule has 6 heteroatoms. The first-order chi connectivity index (χ1) is 12.1. The lowest BCUT2D eigenvalue weighted by Gasteiger charge is -2.38. The van der Waals surface area contributed by atoms with Crippen LogP contribution in [-0.4, -0.2) is 52.1 Å². The molecule has 2 fully saturated rings. The summed E-state index contributed by atoms with van der Waals surface area (Å²) in [6.45, 7) is 4.78. The fraction of sp³-hybridized carbons (Fsp3) is 0.474. The van der Waals surface area contributed by atoms with Gasteiger partial charge in [0, 0.05) is 49.4 Å². The van der Waals surface area contributed by atoms with Crippen LogP contribution in [0.15, 0.2) is 30.3 Å². The van der Waals surface area contributed by atoms with Gasteiger partial charge in [-0.1, -0.05) is 18.2 Å². The zero-order valence-electron chi connectivity index (χ0n) is 14.4. The van der Waals surface area contributed by atoms with Crippen molar-refractivity contribution >= 4 is 5.91 Å². The number of aromatic amines is 1. The Bertz CT molecular complexity index is 762. The number of halogens is 1. The minimum atomic E-state index is -0.169. The first kappa shape index (κ1) is 16.3. The molecule has 1 aromatic heterocycles. The van der Waals surface area contributed by atoms with Gasteiger partial charge in [-0.25, -0.2) is 4.39 Å². The summed E-state index contributed by atoms with van der Waals surface area (Å²) in [4.78, 5) is 16.7. The van der Waals surface area contributed by atoms with Gasteiger partial charge in [-0.2, -0.15) is 5.10 Å². The van der Waals surface area contributed by atoms with Crippen molar-refractivity contribution in [2.24, 2.45) is 0 Å². The van der Waals surface area contributed by atoms with Crippen LogP contribution in [0.2, 0.25) is 0 Å². The Kier molecular flexibility index (Phi) is 4.29. The molecule has 1 N–H and O–H groups in total. The maximum absolute atomic E-state index is 14.0. The van der Waals surface area contributed by atoms with Gasteiger partial charge >= 0.3 is 0 Å². The molecular weight excluding hydrogens is 319 g/mol. The molecule has 0 radical (unpaired) electrons. The van der Waals surface area contributed by atoms with Crippen molar-refractivity contribution in [2.75, 3.05) is 26.2 Å². The third kappa shape index (κ3) is 3.31. The van der Waals surface area contributed by atoms with Gasteiger partial charge in [0.25, 0.3) is 5.91 Å². The van der Waals surface area contributed by atoms with Crippen LogP contribution in [0.25, 0.3) is 0 Å². The quantitative estimate of drug-likeness (QED) is 0.929. The fourth-order valence-corrected chi connectivity index (χ4v) is 3.53. The average Bonchev–Trinajstić information content (AvgIpc) is 3.38. The van der Waals surface area contributed by atoms with Gasteiger partial charge in [-0.05, 0) is 31.9 Å². The molecule has 2 aromatic rings. The summed E-state index contributed by atoms with van der Waals surface area (Å²) < 4.78 is 14.0. The van der Waals surface area contributed by atoms with E-state index >= 15 is 0 Å². The Morgan fingerprint density at radius 2 is 1.96 bits per heavy atom. The average molecular weight is 342 g/mol. The van der Waals surface area contributed by atoms with E-state index in [4.69, 9.17) is 0 Å². The summed E-state index contributed by atoms with van der Waals surface area (Å²) in [7, 11) is 0. The number of nitrogens with zero attached hydrogens (tertiary/aromatic N) is 3. The Morgan fingerprint density at radius 1 is 1.24 bits per heavy atom. The zero-order chi connectivity index (χ0) is 17.4. The van der Waals surface area contributed by atoms with Gasteiger partial charge in [0.2, 0.25) is 0 Å². The molecule has 132 valence electrons. The van der Waals surface area contributed by atoms with Crippen LogP contribution in [0, 0.1) is 5.82 Å². The predicted molar refractivity (Wildman–Crippen MR) is 92.9 cm³/mol. The predicted octanol–water partition coefficient (Wildman–Crippen LogP) is 2.95. The van der Waals surface area contributed by atoms with Crippen LogP contribution in [0.4, 0.5) is 4.39 Å². The fourth-order valence-electron chi connectivity index (χ4n) is 3.53. The van der Waals surface area contributed by atoms with Crippen molar-refractivity contribution in [3.05, 3.63) is 53.1 Å². The second-order valence-electron chi connectivity index (χ2n) is 7.01. The van der Waals surface area contributed by atoms with Crippen molar-refractivity contribution < 1.29 is 9.18 Å². The van der Waals surface area contributed by atoms with Gasteiger partial charge in [-0.15, -0.1) is 0 Å². The van der Waals surface area contributed by atoms with Crippen molar-refractivity contribution in [3.8, 4) is 0 Å². The maximum Gasteiger partial charge on any atom is 0.274 e. The number of rotatable bonds is 4. The number of amides is 1. The van der Waals surface area contributed by atoms with Crippen LogP contribution in [0.1, 0.15) is 53.5 Å². The Morgan fingerprint density at radius 3 is 2.64 bits per heavy atom. The molecule has 1 aliphatic heterocycles. The number of benzene rings is 1. The summed E-state index contributed by atoms with van der Waals surface area (Å²) in [6, 6.07) is 8.81. The third-order valence-electron chi connectivity index (χ3n) is 5.34. The highest BCUT2D eigenvalue weighted by Crippen LogP contribution is 2.39. The molecule has 1 amide bonds. The minimum absolute atomic E-state index is 0.00491. The Balaban J connectivity index is 1.37. The van der Waals surface area contributed by atoms with Crippen LogP contribution in [-0.2, 0) is 0 Å². The molecule has 0 spiro atoms. The largest absolute Gasteiger partial charge is 0.335 e. The third-order valence-corrected chi connectivity index (χ3v) is 5.34. The van der Waals surface area contributed by atoms with Crippen LogP contribution >= 0.6 is 0 Å². The standard InChI is InChI=1S/C19H23FN4O/c1-13(15-4-2-3-5-16(15)20)23-8-10-24(11-9-23)19(25)18-12-17(21-22-18)14-6-7-14/h2-5,12-14H,6-11H2,1H3,(H,21,22)/t13-/m1/s1. The molecule has 1 saturated heterocycles. The number of hydrogen-bond donors (Lipinski definition) is 1. The minimum Gasteiger partial charge on any atom is -0.335 e. The lowest BCUT2D eigenvalue weighted by molar-refractivity contribution is 0.0573. The molecule has 2 heterocycles. The molecule has 0 bridgehead atoms. The van der Waals surface area contributed by atoms with Crippen molar-refractivity contribution in [3.63, 3.8) is 0 Å². The molecule has 1 saturated carbocycles. The summed E-state index contributed by atoms with van der Waals surface area (Å²) in [5.74, 6) is 0.381. The molecule has 1 aromatic carbocycles. The first-order valence-electron chi connectivity index (χ1n) is 8.96. The molecule has 2 aliphatic rings. The van der Waals surface area contributed by atoms with E-state index in [-0.39, 0.29) is 17.8 Å². The van der Waals surface area contributed by atoms with E-state index in [0.29, 0.717) is 30.3 Å². The highest BCUT2D eigenvalue weighted by Gasteiger charge is 2.30. The topological polar surface area (TPSA) is 52.2 Å². The highest BCUT2D eigenvalue weighted by molar-refractivity contribution is 5.92. The van der Waals surface area contributed by atoms with E-state index in [1.807, 2.05) is 30.0 Å². The van der Waals surface area contributed by atoms with Crippen molar-refractivity contribution in [1.29, 1.82) is 0 Å². The number of carbonyl (C=O) groups is 1. The number of H-pyrrole nitrogens is 1. The molecule has 25 heavy (non-hydrogen) atoms. The van der Waals surface area contributed by atoms with Gasteiger partial charge in [0.1, 0.15) is 11.5 Å². The van der Waals surface area contributed by atoms with E-state index in [9.17, 15) is 9.18 Å². The lowest BCUT2D eigenvalue weighted by Crippen LogP contribution is -2.49. The van der Waals surface area contributed by atoms with Gasteiger partial charge in [0.15, 0.2) is 0 Å². The van der Waals surface area contributed by atoms with E-state index in [1.165, 1.54) is 18.9 Å².